The molecular formula is C13H16FN3. The summed E-state index contributed by atoms with van der Waals surface area (Å²) in [6.07, 6.45) is 4.44. The molecule has 1 aliphatic heterocycles. The second-order valence-electron chi connectivity index (χ2n) is 4.89. The number of guanidine groups is 1. The highest BCUT2D eigenvalue weighted by molar-refractivity contribution is 5.98. The van der Waals surface area contributed by atoms with Gasteiger partial charge in [0.25, 0.3) is 0 Å². The van der Waals surface area contributed by atoms with Crippen LogP contribution in [0.4, 0.5) is 10.1 Å². The predicted molar refractivity (Wildman–Crippen MR) is 66.6 cm³/mol. The van der Waals surface area contributed by atoms with Crippen molar-refractivity contribution < 1.29 is 4.39 Å². The molecule has 2 N–H and O–H groups in total. The van der Waals surface area contributed by atoms with Crippen LogP contribution in [0, 0.1) is 5.82 Å². The van der Waals surface area contributed by atoms with E-state index >= 15 is 0 Å². The number of rotatable bonds is 1. The van der Waals surface area contributed by atoms with E-state index in [0.717, 1.165) is 12.8 Å². The molecule has 1 aromatic carbocycles. The highest BCUT2D eigenvalue weighted by Crippen LogP contribution is 2.41. The predicted octanol–water partition coefficient (Wildman–Crippen LogP) is 2.27. The SMILES string of the molecule is NC1=NCC2(CCCC2)N1c1ccccc1F. The van der Waals surface area contributed by atoms with Crippen molar-refractivity contribution in [3.8, 4) is 0 Å². The zero-order chi connectivity index (χ0) is 11.9. The normalized spacial score (nSPS) is 22.2. The molecule has 0 amide bonds. The minimum Gasteiger partial charge on any atom is -0.369 e. The summed E-state index contributed by atoms with van der Waals surface area (Å²) >= 11 is 0. The Morgan fingerprint density at radius 3 is 2.65 bits per heavy atom. The molecule has 3 nitrogen and oxygen atoms in total. The summed E-state index contributed by atoms with van der Waals surface area (Å²) in [5.74, 6) is 0.232. The van der Waals surface area contributed by atoms with Gasteiger partial charge in [0.2, 0.25) is 0 Å². The van der Waals surface area contributed by atoms with Crippen molar-refractivity contribution in [2.75, 3.05) is 11.4 Å². The molecular weight excluding hydrogens is 217 g/mol. The van der Waals surface area contributed by atoms with E-state index in [1.807, 2.05) is 11.0 Å². The summed E-state index contributed by atoms with van der Waals surface area (Å²) in [4.78, 5) is 6.24. The summed E-state index contributed by atoms with van der Waals surface area (Å²) in [5, 5.41) is 0. The second kappa shape index (κ2) is 3.72. The maximum absolute atomic E-state index is 13.9. The molecule has 90 valence electrons. The zero-order valence-corrected chi connectivity index (χ0v) is 9.69. The Kier molecular flexibility index (Phi) is 2.31. The lowest BCUT2D eigenvalue weighted by Gasteiger charge is -2.36. The molecule has 0 atom stereocenters. The number of aliphatic imine (C=N–C) groups is 1. The summed E-state index contributed by atoms with van der Waals surface area (Å²) in [5.41, 5.74) is 6.44. The molecule has 0 unspecified atom stereocenters. The van der Waals surface area contributed by atoms with E-state index < -0.39 is 0 Å². The highest BCUT2D eigenvalue weighted by Gasteiger charge is 2.45. The molecule has 0 bridgehead atoms. The first kappa shape index (κ1) is 10.6. The molecule has 0 radical (unpaired) electrons. The molecule has 17 heavy (non-hydrogen) atoms. The second-order valence-corrected chi connectivity index (χ2v) is 4.89. The maximum atomic E-state index is 13.9. The lowest BCUT2D eigenvalue weighted by atomic mass is 9.96. The molecule has 0 aromatic heterocycles. The van der Waals surface area contributed by atoms with Gasteiger partial charge in [0.15, 0.2) is 5.96 Å². The summed E-state index contributed by atoms with van der Waals surface area (Å²) in [6, 6.07) is 6.79. The standard InChI is InChI=1S/C13H16FN3/c14-10-5-1-2-6-11(10)17-12(15)16-9-13(17)7-3-4-8-13/h1-2,5-6H,3-4,7-9H2,(H2,15,16). The van der Waals surface area contributed by atoms with Gasteiger partial charge in [-0.15, -0.1) is 0 Å². The van der Waals surface area contributed by atoms with Crippen LogP contribution in [-0.4, -0.2) is 18.0 Å². The van der Waals surface area contributed by atoms with Gasteiger partial charge in [-0.25, -0.2) is 4.39 Å². The van der Waals surface area contributed by atoms with Crippen LogP contribution in [-0.2, 0) is 0 Å². The Bertz CT molecular complexity index is 463. The van der Waals surface area contributed by atoms with Gasteiger partial charge < -0.3 is 10.6 Å². The Morgan fingerprint density at radius 2 is 1.94 bits per heavy atom. The first-order valence-corrected chi connectivity index (χ1v) is 6.08. The van der Waals surface area contributed by atoms with Gasteiger partial charge in [-0.3, -0.25) is 4.99 Å². The Labute approximate surface area is 100 Å². The van der Waals surface area contributed by atoms with E-state index in [9.17, 15) is 4.39 Å². The number of hydrogen-bond acceptors (Lipinski definition) is 3. The number of nitrogens with zero attached hydrogens (tertiary/aromatic N) is 2. The Morgan fingerprint density at radius 1 is 1.24 bits per heavy atom. The molecule has 1 aliphatic carbocycles. The van der Waals surface area contributed by atoms with Crippen LogP contribution < -0.4 is 10.6 Å². The first-order chi connectivity index (χ1) is 8.23. The van der Waals surface area contributed by atoms with Crippen LogP contribution in [0.5, 0.6) is 0 Å². The minimum atomic E-state index is -0.223. The van der Waals surface area contributed by atoms with Crippen LogP contribution in [0.15, 0.2) is 29.3 Å². The highest BCUT2D eigenvalue weighted by atomic mass is 19.1. The molecule has 1 heterocycles. The van der Waals surface area contributed by atoms with E-state index in [1.165, 1.54) is 18.9 Å². The Balaban J connectivity index is 2.05. The average molecular weight is 233 g/mol. The molecule has 1 spiro atoms. The van der Waals surface area contributed by atoms with Gasteiger partial charge in [-0.05, 0) is 25.0 Å². The van der Waals surface area contributed by atoms with Crippen molar-refractivity contribution in [2.45, 2.75) is 31.2 Å². The van der Waals surface area contributed by atoms with Gasteiger partial charge in [-0.2, -0.15) is 0 Å². The van der Waals surface area contributed by atoms with Gasteiger partial charge in [-0.1, -0.05) is 25.0 Å². The third kappa shape index (κ3) is 1.51. The molecule has 1 fully saturated rings. The third-order valence-corrected chi connectivity index (χ3v) is 3.87. The molecule has 1 saturated carbocycles. The smallest absolute Gasteiger partial charge is 0.196 e. The van der Waals surface area contributed by atoms with E-state index in [0.29, 0.717) is 18.2 Å². The van der Waals surface area contributed by atoms with E-state index in [-0.39, 0.29) is 11.4 Å². The fourth-order valence-corrected chi connectivity index (χ4v) is 3.04. The van der Waals surface area contributed by atoms with Crippen LogP contribution in [0.25, 0.3) is 0 Å². The molecule has 0 saturated heterocycles. The van der Waals surface area contributed by atoms with Gasteiger partial charge in [0, 0.05) is 0 Å². The summed E-state index contributed by atoms with van der Waals surface area (Å²) < 4.78 is 13.9. The lowest BCUT2D eigenvalue weighted by molar-refractivity contribution is 0.466. The van der Waals surface area contributed by atoms with Gasteiger partial charge in [0.05, 0.1) is 17.8 Å². The molecule has 3 rings (SSSR count). The topological polar surface area (TPSA) is 41.6 Å². The van der Waals surface area contributed by atoms with E-state index in [4.69, 9.17) is 5.73 Å². The van der Waals surface area contributed by atoms with Crippen LogP contribution in [0.2, 0.25) is 0 Å². The fourth-order valence-electron chi connectivity index (χ4n) is 3.04. The quantitative estimate of drug-likeness (QED) is 0.808. The Hall–Kier alpha value is -1.58. The van der Waals surface area contributed by atoms with Crippen molar-refractivity contribution >= 4 is 11.6 Å². The number of para-hydroxylation sites is 1. The molecule has 2 aliphatic rings. The van der Waals surface area contributed by atoms with Crippen molar-refractivity contribution in [1.82, 2.24) is 0 Å². The van der Waals surface area contributed by atoms with Gasteiger partial charge in [0.1, 0.15) is 5.82 Å². The van der Waals surface area contributed by atoms with Crippen LogP contribution in [0.1, 0.15) is 25.7 Å². The van der Waals surface area contributed by atoms with Crippen molar-refractivity contribution in [2.24, 2.45) is 10.7 Å². The van der Waals surface area contributed by atoms with Crippen molar-refractivity contribution in [3.05, 3.63) is 30.1 Å². The van der Waals surface area contributed by atoms with Crippen LogP contribution in [0.3, 0.4) is 0 Å². The van der Waals surface area contributed by atoms with E-state index in [2.05, 4.69) is 4.99 Å². The largest absolute Gasteiger partial charge is 0.369 e. The number of halogens is 1. The van der Waals surface area contributed by atoms with E-state index in [1.54, 1.807) is 12.1 Å². The lowest BCUT2D eigenvalue weighted by Crippen LogP contribution is -2.50. The first-order valence-electron chi connectivity index (χ1n) is 6.08. The minimum absolute atomic E-state index is 0.0632. The number of nitrogens with two attached hydrogens (primary N) is 1. The zero-order valence-electron chi connectivity index (χ0n) is 9.69. The van der Waals surface area contributed by atoms with Gasteiger partial charge >= 0.3 is 0 Å². The monoisotopic (exact) mass is 233 g/mol. The summed E-state index contributed by atoms with van der Waals surface area (Å²) in [6.45, 7) is 0.702. The maximum Gasteiger partial charge on any atom is 0.196 e. The molecule has 4 heteroatoms. The fraction of sp³-hybridized carbons (Fsp3) is 0.462. The number of hydrogen-bond donors (Lipinski definition) is 1. The number of anilines is 1. The average Bonchev–Trinajstić information content (AvgIpc) is 2.90. The summed E-state index contributed by atoms with van der Waals surface area (Å²) in [7, 11) is 0. The molecule has 1 aromatic rings. The third-order valence-electron chi connectivity index (χ3n) is 3.87. The van der Waals surface area contributed by atoms with Crippen LogP contribution >= 0.6 is 0 Å². The number of benzene rings is 1. The van der Waals surface area contributed by atoms with Crippen molar-refractivity contribution in [1.29, 1.82) is 0 Å². The van der Waals surface area contributed by atoms with Crippen molar-refractivity contribution in [3.63, 3.8) is 0 Å².